The third-order valence-electron chi connectivity index (χ3n) is 14.4. The molecule has 0 saturated heterocycles. The summed E-state index contributed by atoms with van der Waals surface area (Å²) in [6.07, 6.45) is 0. The van der Waals surface area contributed by atoms with Crippen molar-refractivity contribution in [2.45, 2.75) is 124 Å². The van der Waals surface area contributed by atoms with E-state index in [1.807, 2.05) is 0 Å². The van der Waals surface area contributed by atoms with Crippen molar-refractivity contribution < 1.29 is 0 Å². The normalized spacial score (nSPS) is 13.6. The molecule has 1 heteroatoms. The molecule has 0 aliphatic heterocycles. The summed E-state index contributed by atoms with van der Waals surface area (Å²) in [6.45, 7) is 32.9. The van der Waals surface area contributed by atoms with Gasteiger partial charge in [0.25, 0.3) is 0 Å². The Kier molecular flexibility index (Phi) is 11.6. The Hall–Kier alpha value is -6.44. The highest BCUT2D eigenvalue weighted by Gasteiger charge is 2.36. The standard InChI is InChI=1S/C67H71N/c1-63(2,3)50-35-47(48-36-51(64(4,5)6)40-52(37-48)65(7,8)9)34-49(38-50)58-41-53(66(10,11)12)42-61(62(58)45-26-19-16-20-27-45)68(54-29-23-28-46(39-54)44-24-17-15-18-25-44)55-32-33-57-56-30-21-22-31-59(56)67(13,14)60(57)43-55/h15-43H,1-14H3. The van der Waals surface area contributed by atoms with Crippen LogP contribution in [0.3, 0.4) is 0 Å². The smallest absolute Gasteiger partial charge is 0.0549 e. The van der Waals surface area contributed by atoms with Crippen molar-refractivity contribution in [1.82, 2.24) is 0 Å². The molecule has 68 heavy (non-hydrogen) atoms. The van der Waals surface area contributed by atoms with Crippen molar-refractivity contribution in [3.63, 3.8) is 0 Å². The molecular formula is C67H71N. The number of anilines is 3. The van der Waals surface area contributed by atoms with Gasteiger partial charge in [-0.15, -0.1) is 0 Å². The monoisotopic (exact) mass is 890 g/mol. The Bertz CT molecular complexity index is 3120. The van der Waals surface area contributed by atoms with Crippen molar-refractivity contribution in [3.05, 3.63) is 209 Å². The Balaban J connectivity index is 1.39. The zero-order valence-corrected chi connectivity index (χ0v) is 43.2. The second kappa shape index (κ2) is 17.0. The summed E-state index contributed by atoms with van der Waals surface area (Å²) >= 11 is 0. The fourth-order valence-corrected chi connectivity index (χ4v) is 10.1. The number of fused-ring (bicyclic) bond motifs is 3. The van der Waals surface area contributed by atoms with Crippen LogP contribution in [0.15, 0.2) is 176 Å². The van der Waals surface area contributed by atoms with Crippen LogP contribution in [0.1, 0.15) is 130 Å². The molecule has 0 N–H and O–H groups in total. The third kappa shape index (κ3) is 8.89. The van der Waals surface area contributed by atoms with Gasteiger partial charge in [-0.1, -0.05) is 230 Å². The maximum Gasteiger partial charge on any atom is 0.0549 e. The SMILES string of the molecule is CC(C)(C)c1cc(-c2cc(C(C)(C)C)cc(C(C)(C)C)c2)cc(-c2cc(C(C)(C)C)cc(N(c3cccc(-c4ccccc4)c3)c3ccc4c(c3)C(C)(C)c3ccccc3-4)c2-c2ccccc2)c1. The fourth-order valence-electron chi connectivity index (χ4n) is 10.1. The minimum Gasteiger partial charge on any atom is -0.310 e. The lowest BCUT2D eigenvalue weighted by atomic mass is 9.77. The quantitative estimate of drug-likeness (QED) is 0.154. The lowest BCUT2D eigenvalue weighted by molar-refractivity contribution is 0.569. The predicted molar refractivity (Wildman–Crippen MR) is 295 cm³/mol. The van der Waals surface area contributed by atoms with Gasteiger partial charge in [-0.3, -0.25) is 0 Å². The van der Waals surface area contributed by atoms with Gasteiger partial charge >= 0.3 is 0 Å². The number of hydrogen-bond donors (Lipinski definition) is 0. The molecule has 0 unspecified atom stereocenters. The van der Waals surface area contributed by atoms with E-state index in [4.69, 9.17) is 0 Å². The summed E-state index contributed by atoms with van der Waals surface area (Å²) in [5.41, 5.74) is 23.4. The van der Waals surface area contributed by atoms with Gasteiger partial charge in [0.05, 0.1) is 5.69 Å². The molecule has 8 aromatic carbocycles. The zero-order chi connectivity index (χ0) is 48.6. The fraction of sp³-hybridized carbons (Fsp3) is 0.284. The Morgan fingerprint density at radius 1 is 0.309 bits per heavy atom. The molecule has 1 nitrogen and oxygen atoms in total. The van der Waals surface area contributed by atoms with Crippen LogP contribution in [0.5, 0.6) is 0 Å². The summed E-state index contributed by atoms with van der Waals surface area (Å²) < 4.78 is 0. The molecule has 8 aromatic rings. The average Bonchev–Trinajstić information content (AvgIpc) is 3.53. The first-order chi connectivity index (χ1) is 32.0. The van der Waals surface area contributed by atoms with Crippen LogP contribution in [0.4, 0.5) is 17.1 Å². The van der Waals surface area contributed by atoms with Crippen LogP contribution >= 0.6 is 0 Å². The third-order valence-corrected chi connectivity index (χ3v) is 14.4. The maximum absolute atomic E-state index is 2.56. The van der Waals surface area contributed by atoms with Crippen molar-refractivity contribution in [2.75, 3.05) is 4.90 Å². The molecule has 0 saturated carbocycles. The molecule has 344 valence electrons. The second-order valence-corrected chi connectivity index (χ2v) is 24.0. The molecular weight excluding hydrogens is 819 g/mol. The molecule has 0 spiro atoms. The van der Waals surface area contributed by atoms with Gasteiger partial charge in [-0.25, -0.2) is 0 Å². The molecule has 1 aliphatic rings. The van der Waals surface area contributed by atoms with Crippen LogP contribution in [-0.4, -0.2) is 0 Å². The highest BCUT2D eigenvalue weighted by molar-refractivity contribution is 5.99. The Labute approximate surface area is 409 Å². The first-order valence-corrected chi connectivity index (χ1v) is 24.7. The lowest BCUT2D eigenvalue weighted by Gasteiger charge is -2.33. The summed E-state index contributed by atoms with van der Waals surface area (Å²) in [5.74, 6) is 0. The number of hydrogen-bond acceptors (Lipinski definition) is 1. The van der Waals surface area contributed by atoms with Gasteiger partial charge in [-0.2, -0.15) is 0 Å². The number of rotatable bonds is 7. The van der Waals surface area contributed by atoms with E-state index < -0.39 is 0 Å². The maximum atomic E-state index is 2.56. The van der Waals surface area contributed by atoms with E-state index in [2.05, 4.69) is 278 Å². The highest BCUT2D eigenvalue weighted by atomic mass is 15.1. The first-order valence-electron chi connectivity index (χ1n) is 24.7. The van der Waals surface area contributed by atoms with Crippen LogP contribution in [0, 0.1) is 0 Å². The molecule has 0 atom stereocenters. The van der Waals surface area contributed by atoms with Crippen molar-refractivity contribution >= 4 is 17.1 Å². The topological polar surface area (TPSA) is 3.24 Å². The highest BCUT2D eigenvalue weighted by Crippen LogP contribution is 2.53. The van der Waals surface area contributed by atoms with Gasteiger partial charge in [0.1, 0.15) is 0 Å². The summed E-state index contributed by atoms with van der Waals surface area (Å²) in [4.78, 5) is 2.56. The van der Waals surface area contributed by atoms with Gasteiger partial charge in [0, 0.05) is 22.4 Å². The van der Waals surface area contributed by atoms with Crippen molar-refractivity contribution in [3.8, 4) is 55.6 Å². The number of benzene rings is 8. The number of nitrogens with zero attached hydrogens (tertiary/aromatic N) is 1. The predicted octanol–water partition coefficient (Wildman–Crippen LogP) is 19.3. The van der Waals surface area contributed by atoms with Crippen LogP contribution < -0.4 is 4.90 Å². The van der Waals surface area contributed by atoms with Gasteiger partial charge in [-0.05, 0) is 148 Å². The molecule has 0 radical (unpaired) electrons. The van der Waals surface area contributed by atoms with Crippen molar-refractivity contribution in [2.24, 2.45) is 0 Å². The molecule has 0 heterocycles. The Morgan fingerprint density at radius 3 is 1.38 bits per heavy atom. The Morgan fingerprint density at radius 2 is 0.779 bits per heavy atom. The molecule has 0 amide bonds. The van der Waals surface area contributed by atoms with E-state index in [1.54, 1.807) is 0 Å². The molecule has 0 fully saturated rings. The van der Waals surface area contributed by atoms with Crippen molar-refractivity contribution in [1.29, 1.82) is 0 Å². The van der Waals surface area contributed by atoms with E-state index in [1.165, 1.54) is 89.0 Å². The molecule has 0 aromatic heterocycles. The largest absolute Gasteiger partial charge is 0.310 e. The lowest BCUT2D eigenvalue weighted by Crippen LogP contribution is -2.18. The van der Waals surface area contributed by atoms with Gasteiger partial charge in [0.2, 0.25) is 0 Å². The van der Waals surface area contributed by atoms with E-state index in [9.17, 15) is 0 Å². The zero-order valence-electron chi connectivity index (χ0n) is 43.2. The van der Waals surface area contributed by atoms with Gasteiger partial charge in [0.15, 0.2) is 0 Å². The molecule has 0 bridgehead atoms. The van der Waals surface area contributed by atoms with Crippen LogP contribution in [0.2, 0.25) is 0 Å². The average molecular weight is 890 g/mol. The van der Waals surface area contributed by atoms with E-state index in [0.29, 0.717) is 0 Å². The summed E-state index contributed by atoms with van der Waals surface area (Å²) in [5, 5.41) is 0. The van der Waals surface area contributed by atoms with Gasteiger partial charge < -0.3 is 4.90 Å². The minimum absolute atomic E-state index is 0.00622. The second-order valence-electron chi connectivity index (χ2n) is 24.0. The van der Waals surface area contributed by atoms with Crippen LogP contribution in [-0.2, 0) is 27.1 Å². The van der Waals surface area contributed by atoms with Crippen LogP contribution in [0.25, 0.3) is 55.6 Å². The summed E-state index contributed by atoms with van der Waals surface area (Å²) in [7, 11) is 0. The minimum atomic E-state index is -0.166. The van der Waals surface area contributed by atoms with E-state index >= 15 is 0 Å². The van der Waals surface area contributed by atoms with E-state index in [0.717, 1.165) is 17.1 Å². The molecule has 1 aliphatic carbocycles. The molecule has 9 rings (SSSR count). The van der Waals surface area contributed by atoms with E-state index in [-0.39, 0.29) is 27.1 Å². The first kappa shape index (κ1) is 46.7. The summed E-state index contributed by atoms with van der Waals surface area (Å²) in [6, 6.07) is 67.0.